The van der Waals surface area contributed by atoms with Crippen LogP contribution in [-0.2, 0) is 6.42 Å². The maximum absolute atomic E-state index is 6.26. The number of pyridine rings is 1. The van der Waals surface area contributed by atoms with Crippen molar-refractivity contribution < 1.29 is 18.6 Å². The van der Waals surface area contributed by atoms with Crippen LogP contribution >= 0.6 is 0 Å². The Hall–Kier alpha value is -3.25. The molecule has 0 radical (unpaired) electrons. The summed E-state index contributed by atoms with van der Waals surface area (Å²) in [5.74, 6) is 2.35. The summed E-state index contributed by atoms with van der Waals surface area (Å²) in [5.41, 5.74) is 3.94. The van der Waals surface area contributed by atoms with Gasteiger partial charge >= 0.3 is 0 Å². The molecule has 0 fully saturated rings. The number of nitrogens with zero attached hydrogens (tertiary/aromatic N) is 1. The highest BCUT2D eigenvalue weighted by Gasteiger charge is 2.23. The Bertz CT molecular complexity index is 1220. The van der Waals surface area contributed by atoms with Gasteiger partial charge in [0.15, 0.2) is 22.8 Å². The molecule has 160 valence electrons. The molecule has 6 nitrogen and oxygen atoms in total. The molecule has 6 heteroatoms. The number of aromatic nitrogens is 1. The van der Waals surface area contributed by atoms with E-state index >= 15 is 0 Å². The van der Waals surface area contributed by atoms with Gasteiger partial charge in [-0.05, 0) is 62.2 Å². The first-order valence-electron chi connectivity index (χ1n) is 10.7. The normalized spacial score (nSPS) is 15.5. The molecule has 1 atom stereocenters. The number of rotatable bonds is 7. The number of nitrogens with one attached hydrogen (secondary N) is 1. The van der Waals surface area contributed by atoms with E-state index in [1.807, 2.05) is 43.5 Å². The van der Waals surface area contributed by atoms with Crippen molar-refractivity contribution in [2.75, 3.05) is 26.8 Å². The number of ether oxygens (including phenoxy) is 3. The summed E-state index contributed by atoms with van der Waals surface area (Å²) in [6, 6.07) is 14.0. The van der Waals surface area contributed by atoms with Gasteiger partial charge < -0.3 is 23.9 Å². The minimum Gasteiger partial charge on any atom is -0.493 e. The first-order valence-corrected chi connectivity index (χ1v) is 10.7. The fourth-order valence-electron chi connectivity index (χ4n) is 4.08. The van der Waals surface area contributed by atoms with E-state index in [9.17, 15) is 0 Å². The summed E-state index contributed by atoms with van der Waals surface area (Å²) in [4.78, 5) is 4.59. The van der Waals surface area contributed by atoms with Crippen LogP contribution in [0.2, 0.25) is 0 Å². The molecule has 0 bridgehead atoms. The average molecular weight is 418 g/mol. The van der Waals surface area contributed by atoms with Gasteiger partial charge in [-0.15, -0.1) is 0 Å². The van der Waals surface area contributed by atoms with Crippen LogP contribution in [0.1, 0.15) is 17.7 Å². The van der Waals surface area contributed by atoms with Crippen LogP contribution in [0.4, 0.5) is 0 Å². The first kappa shape index (κ1) is 19.7. The number of para-hydroxylation sites is 1. The summed E-state index contributed by atoms with van der Waals surface area (Å²) in [7, 11) is 1.66. The van der Waals surface area contributed by atoms with Crippen LogP contribution in [-0.4, -0.2) is 37.9 Å². The second-order valence-electron chi connectivity index (χ2n) is 7.87. The van der Waals surface area contributed by atoms with Crippen LogP contribution in [0.15, 0.2) is 53.1 Å². The van der Waals surface area contributed by atoms with E-state index in [2.05, 4.69) is 22.4 Å². The van der Waals surface area contributed by atoms with Gasteiger partial charge in [-0.2, -0.15) is 0 Å². The van der Waals surface area contributed by atoms with Gasteiger partial charge in [-0.3, -0.25) is 4.98 Å². The SMILES string of the molecule is COc1cccc2c(CCCNCC3COc4ccc5nc(C)ccc5c4O3)coc12. The number of hydrogen-bond acceptors (Lipinski definition) is 6. The number of furan rings is 1. The van der Waals surface area contributed by atoms with Crippen LogP contribution in [0.25, 0.3) is 21.9 Å². The third-order valence-electron chi connectivity index (χ3n) is 5.67. The molecule has 0 spiro atoms. The molecule has 2 aromatic heterocycles. The zero-order valence-corrected chi connectivity index (χ0v) is 17.8. The van der Waals surface area contributed by atoms with E-state index < -0.39 is 0 Å². The van der Waals surface area contributed by atoms with Gasteiger partial charge in [0.05, 0.1) is 18.9 Å². The molecule has 4 aromatic rings. The minimum atomic E-state index is -0.0292. The molecule has 1 aliphatic heterocycles. The molecular weight excluding hydrogens is 392 g/mol. The first-order chi connectivity index (χ1) is 15.2. The molecule has 1 N–H and O–H groups in total. The number of fused-ring (bicyclic) bond motifs is 4. The topological polar surface area (TPSA) is 65.8 Å². The smallest absolute Gasteiger partial charge is 0.175 e. The Kier molecular flexibility index (Phi) is 5.38. The Morgan fingerprint density at radius 1 is 1.13 bits per heavy atom. The van der Waals surface area contributed by atoms with Gasteiger partial charge in [0.1, 0.15) is 12.7 Å². The molecule has 0 amide bonds. The number of aryl methyl sites for hydroxylation is 2. The predicted octanol–water partition coefficient (Wildman–Crippen LogP) is 4.66. The van der Waals surface area contributed by atoms with Crippen LogP contribution in [0.3, 0.4) is 0 Å². The molecule has 31 heavy (non-hydrogen) atoms. The summed E-state index contributed by atoms with van der Waals surface area (Å²) in [6.45, 7) is 4.15. The third-order valence-corrected chi connectivity index (χ3v) is 5.67. The van der Waals surface area contributed by atoms with Gasteiger partial charge in [0, 0.05) is 23.0 Å². The Labute approximate surface area is 181 Å². The monoisotopic (exact) mass is 418 g/mol. The van der Waals surface area contributed by atoms with Crippen LogP contribution < -0.4 is 19.5 Å². The van der Waals surface area contributed by atoms with Crippen molar-refractivity contribution in [2.24, 2.45) is 0 Å². The summed E-state index contributed by atoms with van der Waals surface area (Å²) in [6.07, 6.45) is 3.75. The summed E-state index contributed by atoms with van der Waals surface area (Å²) in [5, 5.41) is 5.62. The molecule has 1 unspecified atom stereocenters. The Balaban J connectivity index is 1.16. The molecule has 0 saturated carbocycles. The van der Waals surface area contributed by atoms with E-state index in [-0.39, 0.29) is 6.10 Å². The Morgan fingerprint density at radius 2 is 2.06 bits per heavy atom. The van der Waals surface area contributed by atoms with Crippen LogP contribution in [0.5, 0.6) is 17.2 Å². The average Bonchev–Trinajstić information content (AvgIpc) is 3.21. The molecule has 3 heterocycles. The summed E-state index contributed by atoms with van der Waals surface area (Å²) >= 11 is 0. The van der Waals surface area contributed by atoms with E-state index in [0.29, 0.717) is 6.61 Å². The Morgan fingerprint density at radius 3 is 2.97 bits per heavy atom. The zero-order valence-electron chi connectivity index (χ0n) is 17.8. The van der Waals surface area contributed by atoms with Gasteiger partial charge in [0.25, 0.3) is 0 Å². The van der Waals surface area contributed by atoms with E-state index in [0.717, 1.165) is 70.7 Å². The lowest BCUT2D eigenvalue weighted by Gasteiger charge is -2.27. The van der Waals surface area contributed by atoms with Gasteiger partial charge in [0.2, 0.25) is 0 Å². The maximum Gasteiger partial charge on any atom is 0.175 e. The lowest BCUT2D eigenvalue weighted by molar-refractivity contribution is 0.0925. The minimum absolute atomic E-state index is 0.0292. The number of methoxy groups -OCH3 is 1. The van der Waals surface area contributed by atoms with E-state index in [1.54, 1.807) is 7.11 Å². The number of benzene rings is 2. The molecule has 0 saturated heterocycles. The molecular formula is C25H26N2O4. The standard InChI is InChI=1S/C25H26N2O4/c1-16-8-9-20-21(27-16)10-11-23-25(20)31-18(15-29-23)13-26-12-4-5-17-14-30-24-19(17)6-3-7-22(24)28-2/h3,6-11,14,18,26H,4-5,12-13,15H2,1-2H3. The number of hydrogen-bond donors (Lipinski definition) is 1. The zero-order chi connectivity index (χ0) is 21.2. The van der Waals surface area contributed by atoms with Crippen molar-refractivity contribution in [1.82, 2.24) is 10.3 Å². The molecule has 1 aliphatic rings. The summed E-state index contributed by atoms with van der Waals surface area (Å²) < 4.78 is 23.3. The van der Waals surface area contributed by atoms with Crippen molar-refractivity contribution >= 4 is 21.9 Å². The van der Waals surface area contributed by atoms with Crippen molar-refractivity contribution in [3.8, 4) is 17.2 Å². The van der Waals surface area contributed by atoms with Crippen molar-refractivity contribution in [3.63, 3.8) is 0 Å². The lowest BCUT2D eigenvalue weighted by atomic mass is 10.1. The van der Waals surface area contributed by atoms with Gasteiger partial charge in [-0.25, -0.2) is 0 Å². The fraction of sp³-hybridized carbons (Fsp3) is 0.320. The third kappa shape index (κ3) is 3.91. The molecule has 2 aromatic carbocycles. The molecule has 0 aliphatic carbocycles. The highest BCUT2D eigenvalue weighted by molar-refractivity contribution is 5.88. The molecule has 5 rings (SSSR count). The van der Waals surface area contributed by atoms with Crippen molar-refractivity contribution in [2.45, 2.75) is 25.9 Å². The highest BCUT2D eigenvalue weighted by atomic mass is 16.6. The largest absolute Gasteiger partial charge is 0.493 e. The quantitative estimate of drug-likeness (QED) is 0.441. The van der Waals surface area contributed by atoms with Crippen LogP contribution in [0, 0.1) is 6.92 Å². The van der Waals surface area contributed by atoms with Crippen molar-refractivity contribution in [1.29, 1.82) is 0 Å². The second kappa shape index (κ2) is 8.47. The second-order valence-corrected chi connectivity index (χ2v) is 7.87. The van der Waals surface area contributed by atoms with E-state index in [4.69, 9.17) is 18.6 Å². The maximum atomic E-state index is 6.26. The van der Waals surface area contributed by atoms with Crippen molar-refractivity contribution in [3.05, 3.63) is 60.0 Å². The van der Waals surface area contributed by atoms with E-state index in [1.165, 1.54) is 5.56 Å². The lowest BCUT2D eigenvalue weighted by Crippen LogP contribution is -2.38. The van der Waals surface area contributed by atoms with Gasteiger partial charge in [-0.1, -0.05) is 12.1 Å². The predicted molar refractivity (Wildman–Crippen MR) is 120 cm³/mol. The highest BCUT2D eigenvalue weighted by Crippen LogP contribution is 2.38. The fourth-order valence-corrected chi connectivity index (χ4v) is 4.08.